The first kappa shape index (κ1) is 32.4. The molecular weight excluding hydrogens is 444 g/mol. The van der Waals surface area contributed by atoms with E-state index in [2.05, 4.69) is 10.6 Å². The molecule has 0 fully saturated rings. The number of nitrogens with one attached hydrogen (secondary N) is 2. The van der Waals surface area contributed by atoms with Crippen molar-refractivity contribution in [3.63, 3.8) is 0 Å². The van der Waals surface area contributed by atoms with E-state index >= 15 is 0 Å². The Hall–Kier alpha value is -1.62. The number of hydrogen-bond donors (Lipinski definition) is 2. The van der Waals surface area contributed by atoms with Crippen LogP contribution >= 0.6 is 0 Å². The fraction of sp³-hybridized carbons (Fsp3) is 0.917. The van der Waals surface area contributed by atoms with Crippen LogP contribution in [0.4, 0.5) is 9.59 Å². The lowest BCUT2D eigenvalue weighted by Gasteiger charge is -2.30. The quantitative estimate of drug-likeness (QED) is 0.209. The van der Waals surface area contributed by atoms with Gasteiger partial charge in [-0.25, -0.2) is 29.1 Å². The Morgan fingerprint density at radius 1 is 0.588 bits per heavy atom. The van der Waals surface area contributed by atoms with Crippen LogP contribution in [-0.2, 0) is 29.0 Å². The smallest absolute Gasteiger partial charge is 0.407 e. The van der Waals surface area contributed by atoms with Gasteiger partial charge in [0.1, 0.15) is 23.4 Å². The predicted molar refractivity (Wildman–Crippen MR) is 129 cm³/mol. The zero-order chi connectivity index (χ0) is 26.8. The van der Waals surface area contributed by atoms with Crippen molar-refractivity contribution < 1.29 is 38.6 Å². The van der Waals surface area contributed by atoms with Gasteiger partial charge in [0.25, 0.3) is 0 Å². The van der Waals surface area contributed by atoms with Gasteiger partial charge >= 0.3 is 12.2 Å². The maximum absolute atomic E-state index is 12.0. The first-order valence-corrected chi connectivity index (χ1v) is 11.8. The van der Waals surface area contributed by atoms with Crippen LogP contribution < -0.4 is 10.6 Å². The van der Waals surface area contributed by atoms with Crippen molar-refractivity contribution in [2.75, 3.05) is 13.1 Å². The van der Waals surface area contributed by atoms with E-state index in [0.29, 0.717) is 12.8 Å². The third-order valence-corrected chi connectivity index (χ3v) is 3.87. The van der Waals surface area contributed by atoms with Gasteiger partial charge in [-0.05, 0) is 83.1 Å². The fourth-order valence-electron chi connectivity index (χ4n) is 2.79. The summed E-state index contributed by atoms with van der Waals surface area (Å²) in [6.07, 6.45) is -1.07. The molecule has 2 atom stereocenters. The molecular formula is C24H48N2O8. The molecule has 0 aliphatic heterocycles. The van der Waals surface area contributed by atoms with E-state index in [1.165, 1.54) is 0 Å². The van der Waals surface area contributed by atoms with Crippen LogP contribution in [0.25, 0.3) is 0 Å². The van der Waals surface area contributed by atoms with Crippen molar-refractivity contribution in [3.05, 3.63) is 0 Å². The van der Waals surface area contributed by atoms with Crippen molar-refractivity contribution >= 4 is 12.2 Å². The maximum atomic E-state index is 12.0. The van der Waals surface area contributed by atoms with E-state index in [9.17, 15) is 9.59 Å². The van der Waals surface area contributed by atoms with Gasteiger partial charge in [0.15, 0.2) is 0 Å². The molecule has 0 aliphatic carbocycles. The summed E-state index contributed by atoms with van der Waals surface area (Å²) in [6.45, 7) is 22.7. The SMILES string of the molecule is CC(CC(C)(C)OOC(C)(C)C)OC(=O)NCCNC(=O)OC(C)CC(C)(C)OOC(C)(C)C. The summed E-state index contributed by atoms with van der Waals surface area (Å²) in [4.78, 5) is 45.7. The van der Waals surface area contributed by atoms with Crippen molar-refractivity contribution in [2.45, 2.75) is 131 Å². The van der Waals surface area contributed by atoms with E-state index < -0.39 is 46.8 Å². The Labute approximate surface area is 205 Å². The summed E-state index contributed by atoms with van der Waals surface area (Å²) in [7, 11) is 0. The number of hydrogen-bond acceptors (Lipinski definition) is 8. The van der Waals surface area contributed by atoms with Crippen LogP contribution in [0.5, 0.6) is 0 Å². The van der Waals surface area contributed by atoms with Gasteiger partial charge in [0.2, 0.25) is 0 Å². The standard InChI is InChI=1S/C24H48N2O8/c1-17(15-23(9,10)33-31-21(3,4)5)29-19(27)25-13-14-26-20(28)30-18(2)16-24(11,12)34-32-22(6,7)8/h17-18H,13-16H2,1-12H3,(H,25,27)(H,26,28). The van der Waals surface area contributed by atoms with E-state index in [1.807, 2.05) is 69.2 Å². The van der Waals surface area contributed by atoms with Crippen LogP contribution in [0.2, 0.25) is 0 Å². The molecule has 0 bridgehead atoms. The molecule has 0 spiro atoms. The summed E-state index contributed by atoms with van der Waals surface area (Å²) < 4.78 is 10.7. The second-order valence-electron chi connectivity index (χ2n) is 11.8. The monoisotopic (exact) mass is 492 g/mol. The third kappa shape index (κ3) is 18.8. The molecule has 10 heteroatoms. The molecule has 0 radical (unpaired) electrons. The molecule has 2 unspecified atom stereocenters. The maximum Gasteiger partial charge on any atom is 0.407 e. The molecule has 0 rings (SSSR count). The highest BCUT2D eigenvalue weighted by atomic mass is 17.2. The lowest BCUT2D eigenvalue weighted by atomic mass is 10.0. The van der Waals surface area contributed by atoms with Gasteiger partial charge in [-0.1, -0.05) is 0 Å². The zero-order valence-electron chi connectivity index (χ0n) is 23.2. The molecule has 0 aliphatic rings. The van der Waals surface area contributed by atoms with Gasteiger partial charge in [-0.3, -0.25) is 0 Å². The molecule has 202 valence electrons. The zero-order valence-corrected chi connectivity index (χ0v) is 23.2. The molecule has 0 saturated carbocycles. The molecule has 34 heavy (non-hydrogen) atoms. The van der Waals surface area contributed by atoms with Gasteiger partial charge in [0.05, 0.1) is 11.2 Å². The molecule has 0 aromatic rings. The fourth-order valence-corrected chi connectivity index (χ4v) is 2.79. The number of amides is 2. The topological polar surface area (TPSA) is 114 Å². The molecule has 0 saturated heterocycles. The average Bonchev–Trinajstić information content (AvgIpc) is 2.60. The summed E-state index contributed by atoms with van der Waals surface area (Å²) in [5.41, 5.74) is -2.13. The highest BCUT2D eigenvalue weighted by molar-refractivity contribution is 5.68. The van der Waals surface area contributed by atoms with Crippen molar-refractivity contribution in [3.8, 4) is 0 Å². The normalized spacial score (nSPS) is 14.8. The van der Waals surface area contributed by atoms with Crippen LogP contribution in [0, 0.1) is 0 Å². The number of carbonyl (C=O) groups is 2. The van der Waals surface area contributed by atoms with Crippen LogP contribution in [0.15, 0.2) is 0 Å². The molecule has 10 nitrogen and oxygen atoms in total. The third-order valence-electron chi connectivity index (χ3n) is 3.87. The summed E-state index contributed by atoms with van der Waals surface area (Å²) in [5, 5.41) is 5.19. The Morgan fingerprint density at radius 3 is 1.15 bits per heavy atom. The Balaban J connectivity index is 4.16. The van der Waals surface area contributed by atoms with Crippen molar-refractivity contribution in [2.24, 2.45) is 0 Å². The molecule has 2 amide bonds. The van der Waals surface area contributed by atoms with Crippen LogP contribution in [0.3, 0.4) is 0 Å². The van der Waals surface area contributed by atoms with E-state index in [-0.39, 0.29) is 13.1 Å². The largest absolute Gasteiger partial charge is 0.446 e. The summed E-state index contributed by atoms with van der Waals surface area (Å²) >= 11 is 0. The Bertz CT molecular complexity index is 569. The Morgan fingerprint density at radius 2 is 0.882 bits per heavy atom. The van der Waals surface area contributed by atoms with Crippen LogP contribution in [-0.4, -0.2) is 59.9 Å². The second kappa shape index (κ2) is 13.5. The highest BCUT2D eigenvalue weighted by Crippen LogP contribution is 2.23. The minimum atomic E-state index is -0.631. The van der Waals surface area contributed by atoms with Gasteiger partial charge < -0.3 is 20.1 Å². The minimum Gasteiger partial charge on any atom is -0.446 e. The number of carbonyl (C=O) groups excluding carboxylic acids is 2. The highest BCUT2D eigenvalue weighted by Gasteiger charge is 2.29. The first-order chi connectivity index (χ1) is 15.2. The van der Waals surface area contributed by atoms with Gasteiger partial charge in [-0.15, -0.1) is 0 Å². The van der Waals surface area contributed by atoms with Crippen molar-refractivity contribution in [1.82, 2.24) is 10.6 Å². The first-order valence-electron chi connectivity index (χ1n) is 11.8. The van der Waals surface area contributed by atoms with E-state index in [1.54, 1.807) is 13.8 Å². The molecule has 0 heterocycles. The average molecular weight is 493 g/mol. The van der Waals surface area contributed by atoms with Crippen LogP contribution in [0.1, 0.15) is 95.9 Å². The number of alkyl carbamates (subject to hydrolysis) is 2. The van der Waals surface area contributed by atoms with E-state index in [4.69, 9.17) is 29.0 Å². The minimum absolute atomic E-state index is 0.191. The summed E-state index contributed by atoms with van der Waals surface area (Å²) in [6, 6.07) is 0. The second-order valence-corrected chi connectivity index (χ2v) is 11.8. The molecule has 0 aromatic carbocycles. The van der Waals surface area contributed by atoms with E-state index in [0.717, 1.165) is 0 Å². The number of ether oxygens (including phenoxy) is 2. The van der Waals surface area contributed by atoms with Gasteiger partial charge in [0, 0.05) is 25.9 Å². The summed E-state index contributed by atoms with van der Waals surface area (Å²) in [5.74, 6) is 0. The molecule has 2 N–H and O–H groups in total. The molecule has 0 aromatic heterocycles. The lowest BCUT2D eigenvalue weighted by Crippen LogP contribution is -2.39. The lowest BCUT2D eigenvalue weighted by molar-refractivity contribution is -0.399. The number of rotatable bonds is 13. The Kier molecular flexibility index (Phi) is 12.8. The van der Waals surface area contributed by atoms with Crippen molar-refractivity contribution in [1.29, 1.82) is 0 Å². The van der Waals surface area contributed by atoms with Gasteiger partial charge in [-0.2, -0.15) is 0 Å². The predicted octanol–water partition coefficient (Wildman–Crippen LogP) is 5.05.